The lowest BCUT2D eigenvalue weighted by Gasteiger charge is -2.36. The topological polar surface area (TPSA) is 65.9 Å². The number of hydrogen-bond donors (Lipinski definition) is 1. The van der Waals surface area contributed by atoms with Gasteiger partial charge in [-0.1, -0.05) is 12.1 Å². The zero-order chi connectivity index (χ0) is 16.9. The Labute approximate surface area is 141 Å². The van der Waals surface area contributed by atoms with E-state index in [0.29, 0.717) is 5.56 Å². The molecule has 0 radical (unpaired) electrons. The van der Waals surface area contributed by atoms with Crippen LogP contribution < -0.4 is 9.64 Å². The van der Waals surface area contributed by atoms with Crippen LogP contribution in [0.1, 0.15) is 15.9 Å². The van der Waals surface area contributed by atoms with Crippen LogP contribution in [0.5, 0.6) is 5.75 Å². The molecular weight excluding hydrogens is 306 g/mol. The van der Waals surface area contributed by atoms with E-state index < -0.39 is 5.97 Å². The van der Waals surface area contributed by atoms with Crippen LogP contribution in [0.4, 0.5) is 5.69 Å². The third-order valence-electron chi connectivity index (χ3n) is 4.30. The number of piperazine rings is 1. The van der Waals surface area contributed by atoms with Crippen LogP contribution in [0, 0.1) is 0 Å². The number of methoxy groups -OCH3 is 1. The van der Waals surface area contributed by atoms with Crippen molar-refractivity contribution in [3.05, 3.63) is 53.9 Å². The molecule has 0 aliphatic carbocycles. The van der Waals surface area contributed by atoms with Gasteiger partial charge in [0, 0.05) is 38.9 Å². The number of rotatable bonds is 5. The first kappa shape index (κ1) is 16.3. The predicted molar refractivity (Wildman–Crippen MR) is 91.7 cm³/mol. The molecule has 0 spiro atoms. The van der Waals surface area contributed by atoms with E-state index in [2.05, 4.69) is 14.8 Å². The van der Waals surface area contributed by atoms with Crippen LogP contribution in [0.25, 0.3) is 0 Å². The minimum absolute atomic E-state index is 0.327. The van der Waals surface area contributed by atoms with Crippen molar-refractivity contribution in [3.8, 4) is 5.75 Å². The average Bonchev–Trinajstić information content (AvgIpc) is 2.63. The van der Waals surface area contributed by atoms with Gasteiger partial charge in [0.15, 0.2) is 5.75 Å². The fourth-order valence-electron chi connectivity index (χ4n) is 2.95. The number of carboxylic acid groups (broad SMARTS) is 1. The van der Waals surface area contributed by atoms with Crippen molar-refractivity contribution in [1.82, 2.24) is 9.88 Å². The minimum atomic E-state index is -0.888. The van der Waals surface area contributed by atoms with Crippen molar-refractivity contribution in [2.24, 2.45) is 0 Å². The van der Waals surface area contributed by atoms with Crippen molar-refractivity contribution in [3.63, 3.8) is 0 Å². The minimum Gasteiger partial charge on any atom is -0.493 e. The first-order valence-corrected chi connectivity index (χ1v) is 7.95. The van der Waals surface area contributed by atoms with Crippen molar-refractivity contribution in [2.45, 2.75) is 6.54 Å². The van der Waals surface area contributed by atoms with E-state index in [0.717, 1.165) is 49.7 Å². The molecule has 0 unspecified atom stereocenters. The number of aromatic nitrogens is 1. The number of aromatic carboxylic acids is 1. The molecule has 1 fully saturated rings. The molecule has 1 aromatic carbocycles. The molecule has 0 amide bonds. The number of hydrogen-bond acceptors (Lipinski definition) is 5. The summed E-state index contributed by atoms with van der Waals surface area (Å²) in [4.78, 5) is 19.7. The van der Waals surface area contributed by atoms with Gasteiger partial charge in [0.2, 0.25) is 0 Å². The second-order valence-corrected chi connectivity index (χ2v) is 5.81. The monoisotopic (exact) mass is 327 g/mol. The summed E-state index contributed by atoms with van der Waals surface area (Å²) >= 11 is 0. The molecule has 0 saturated carbocycles. The molecule has 1 aromatic heterocycles. The highest BCUT2D eigenvalue weighted by molar-refractivity contribution is 5.87. The Morgan fingerprint density at radius 2 is 1.88 bits per heavy atom. The molecule has 3 rings (SSSR count). The molecule has 1 aliphatic rings. The highest BCUT2D eigenvalue weighted by Gasteiger charge is 2.19. The molecule has 6 nitrogen and oxygen atoms in total. The molecule has 24 heavy (non-hydrogen) atoms. The molecule has 0 bridgehead atoms. The number of nitrogens with zero attached hydrogens (tertiary/aromatic N) is 3. The maximum Gasteiger partial charge on any atom is 0.335 e. The second-order valence-electron chi connectivity index (χ2n) is 5.81. The number of anilines is 1. The quantitative estimate of drug-likeness (QED) is 0.907. The predicted octanol–water partition coefficient (Wildman–Crippen LogP) is 2.11. The van der Waals surface area contributed by atoms with Gasteiger partial charge in [-0.25, -0.2) is 4.79 Å². The zero-order valence-electron chi connectivity index (χ0n) is 13.7. The van der Waals surface area contributed by atoms with E-state index in [1.165, 1.54) is 0 Å². The highest BCUT2D eigenvalue weighted by Crippen LogP contribution is 2.27. The van der Waals surface area contributed by atoms with E-state index >= 15 is 0 Å². The average molecular weight is 327 g/mol. The van der Waals surface area contributed by atoms with E-state index in [1.54, 1.807) is 31.6 Å². The van der Waals surface area contributed by atoms with Gasteiger partial charge >= 0.3 is 5.97 Å². The van der Waals surface area contributed by atoms with Gasteiger partial charge in [0.05, 0.1) is 24.6 Å². The lowest BCUT2D eigenvalue weighted by Crippen LogP contribution is -2.46. The second kappa shape index (κ2) is 7.31. The maximum atomic E-state index is 10.9. The first-order chi connectivity index (χ1) is 11.7. The molecule has 1 N–H and O–H groups in total. The van der Waals surface area contributed by atoms with Gasteiger partial charge in [-0.15, -0.1) is 0 Å². The molecule has 126 valence electrons. The van der Waals surface area contributed by atoms with Crippen LogP contribution in [0.15, 0.2) is 42.7 Å². The lowest BCUT2D eigenvalue weighted by molar-refractivity contribution is 0.0697. The number of ether oxygens (including phenoxy) is 1. The van der Waals surface area contributed by atoms with Crippen LogP contribution in [0.3, 0.4) is 0 Å². The number of carboxylic acids is 1. The summed E-state index contributed by atoms with van der Waals surface area (Å²) in [6.07, 6.45) is 3.53. The molecule has 0 atom stereocenters. The van der Waals surface area contributed by atoms with Gasteiger partial charge < -0.3 is 14.7 Å². The number of carbonyl (C=O) groups is 1. The molecule has 2 heterocycles. The Morgan fingerprint density at radius 1 is 1.17 bits per heavy atom. The van der Waals surface area contributed by atoms with Crippen LogP contribution >= 0.6 is 0 Å². The Bertz CT molecular complexity index is 695. The fourth-order valence-corrected chi connectivity index (χ4v) is 2.95. The summed E-state index contributed by atoms with van der Waals surface area (Å²) in [5.74, 6) is -0.0864. The molecule has 2 aromatic rings. The molecule has 1 aliphatic heterocycles. The Balaban J connectivity index is 1.58. The fraction of sp³-hybridized carbons (Fsp3) is 0.333. The van der Waals surface area contributed by atoms with E-state index in [-0.39, 0.29) is 0 Å². The third kappa shape index (κ3) is 3.65. The summed E-state index contributed by atoms with van der Waals surface area (Å²) in [7, 11) is 1.66. The van der Waals surface area contributed by atoms with E-state index in [1.807, 2.05) is 18.2 Å². The lowest BCUT2D eigenvalue weighted by atomic mass is 10.1. The standard InChI is InChI=1S/C18H21N3O3/c1-24-17-12-19-7-6-16(17)21-10-8-20(9-11-21)13-14-2-4-15(5-3-14)18(22)23/h2-7,12H,8-11,13H2,1H3,(H,22,23). The molecule has 1 saturated heterocycles. The van der Waals surface area contributed by atoms with E-state index in [4.69, 9.17) is 9.84 Å². The largest absolute Gasteiger partial charge is 0.493 e. The molecule has 6 heteroatoms. The zero-order valence-corrected chi connectivity index (χ0v) is 13.7. The Morgan fingerprint density at radius 3 is 2.50 bits per heavy atom. The van der Waals surface area contributed by atoms with Crippen LogP contribution in [-0.4, -0.2) is 54.2 Å². The van der Waals surface area contributed by atoms with Crippen molar-refractivity contribution in [1.29, 1.82) is 0 Å². The summed E-state index contributed by atoms with van der Waals surface area (Å²) in [6, 6.07) is 9.09. The summed E-state index contributed by atoms with van der Waals surface area (Å²) < 4.78 is 5.39. The van der Waals surface area contributed by atoms with Gasteiger partial charge in [0.25, 0.3) is 0 Å². The summed E-state index contributed by atoms with van der Waals surface area (Å²) in [5.41, 5.74) is 2.54. The Hall–Kier alpha value is -2.60. The smallest absolute Gasteiger partial charge is 0.335 e. The Kier molecular flexibility index (Phi) is 4.96. The van der Waals surface area contributed by atoms with Gasteiger partial charge in [0.1, 0.15) is 0 Å². The first-order valence-electron chi connectivity index (χ1n) is 7.95. The molecular formula is C18H21N3O3. The maximum absolute atomic E-state index is 10.9. The summed E-state index contributed by atoms with van der Waals surface area (Å²) in [5, 5.41) is 8.95. The summed E-state index contributed by atoms with van der Waals surface area (Å²) in [6.45, 7) is 4.58. The highest BCUT2D eigenvalue weighted by atomic mass is 16.5. The van der Waals surface area contributed by atoms with Crippen molar-refractivity contribution >= 4 is 11.7 Å². The number of benzene rings is 1. The van der Waals surface area contributed by atoms with E-state index in [9.17, 15) is 4.79 Å². The normalized spacial score (nSPS) is 15.3. The SMILES string of the molecule is COc1cnccc1N1CCN(Cc2ccc(C(=O)O)cc2)CC1. The van der Waals surface area contributed by atoms with Crippen molar-refractivity contribution < 1.29 is 14.6 Å². The van der Waals surface area contributed by atoms with Gasteiger partial charge in [-0.3, -0.25) is 9.88 Å². The number of pyridine rings is 1. The van der Waals surface area contributed by atoms with Crippen LogP contribution in [0.2, 0.25) is 0 Å². The van der Waals surface area contributed by atoms with Gasteiger partial charge in [-0.05, 0) is 23.8 Å². The van der Waals surface area contributed by atoms with Crippen molar-refractivity contribution in [2.75, 3.05) is 38.2 Å². The van der Waals surface area contributed by atoms with Gasteiger partial charge in [-0.2, -0.15) is 0 Å². The third-order valence-corrected chi connectivity index (χ3v) is 4.30. The van der Waals surface area contributed by atoms with Crippen LogP contribution in [-0.2, 0) is 6.54 Å².